The van der Waals surface area contributed by atoms with Crippen molar-refractivity contribution >= 4 is 46.6 Å². The van der Waals surface area contributed by atoms with Crippen LogP contribution in [0.4, 0.5) is 4.79 Å². The number of amides is 2. The molecular weight excluding hydrogens is 358 g/mol. The van der Waals surface area contributed by atoms with E-state index in [1.807, 2.05) is 0 Å². The second kappa shape index (κ2) is 8.07. The molecule has 0 spiro atoms. The molecule has 7 nitrogen and oxygen atoms in total. The molecule has 128 valence electrons. The van der Waals surface area contributed by atoms with Crippen LogP contribution in [-0.2, 0) is 14.3 Å². The van der Waals surface area contributed by atoms with Crippen LogP contribution in [0.2, 0.25) is 5.02 Å². The smallest absolute Gasteiger partial charge is 0.344 e. The summed E-state index contributed by atoms with van der Waals surface area (Å²) in [5.41, 5.74) is 0.549. The highest BCUT2D eigenvalue weighted by Gasteiger charge is 2.25. The van der Waals surface area contributed by atoms with Crippen LogP contribution in [0.5, 0.6) is 11.5 Å². The molecule has 1 N–H and O–H groups in total. The molecule has 0 radical (unpaired) electrons. The number of ether oxygens (including phenoxy) is 3. The predicted octanol–water partition coefficient (Wildman–Crippen LogP) is 2.61. The van der Waals surface area contributed by atoms with E-state index in [0.717, 1.165) is 11.8 Å². The Morgan fingerprint density at radius 3 is 2.71 bits per heavy atom. The summed E-state index contributed by atoms with van der Waals surface area (Å²) in [6, 6.07) is 3.12. The highest BCUT2D eigenvalue weighted by Crippen LogP contribution is 2.38. The van der Waals surface area contributed by atoms with Crippen LogP contribution in [0.15, 0.2) is 17.0 Å². The van der Waals surface area contributed by atoms with E-state index in [-0.39, 0.29) is 34.6 Å². The monoisotopic (exact) mass is 371 g/mol. The number of thioether (sulfide) groups is 1. The van der Waals surface area contributed by atoms with Crippen molar-refractivity contribution in [2.75, 3.05) is 20.3 Å². The average Bonchev–Trinajstić information content (AvgIpc) is 2.83. The van der Waals surface area contributed by atoms with Gasteiger partial charge in [-0.25, -0.2) is 4.79 Å². The van der Waals surface area contributed by atoms with Crippen LogP contribution in [0.1, 0.15) is 12.5 Å². The molecule has 0 unspecified atom stereocenters. The minimum Gasteiger partial charge on any atom is -0.493 e. The fraction of sp³-hybridized carbons (Fsp3) is 0.267. The zero-order valence-corrected chi connectivity index (χ0v) is 14.5. The van der Waals surface area contributed by atoms with Gasteiger partial charge in [-0.2, -0.15) is 0 Å². The topological polar surface area (TPSA) is 90.9 Å². The van der Waals surface area contributed by atoms with E-state index >= 15 is 0 Å². The number of nitrogens with one attached hydrogen (secondary N) is 1. The molecule has 0 aromatic heterocycles. The average molecular weight is 372 g/mol. The van der Waals surface area contributed by atoms with Crippen LogP contribution in [-0.4, -0.2) is 37.4 Å². The molecule has 1 heterocycles. The minimum atomic E-state index is -0.528. The highest BCUT2D eigenvalue weighted by molar-refractivity contribution is 8.18. The van der Waals surface area contributed by atoms with Gasteiger partial charge in [0.1, 0.15) is 0 Å². The number of hydrogen-bond acceptors (Lipinski definition) is 7. The van der Waals surface area contributed by atoms with Gasteiger partial charge in [0.15, 0.2) is 18.1 Å². The van der Waals surface area contributed by atoms with Crippen LogP contribution in [0.3, 0.4) is 0 Å². The standard InChI is InChI=1S/C15H14ClNO6S/c1-3-22-12(18)7-23-13-9(16)4-8(5-10(13)21-2)6-11-14(19)17-15(20)24-11/h4-6H,3,7H2,1-2H3,(H,17,19,20)/b11-6+. The van der Waals surface area contributed by atoms with Gasteiger partial charge in [0.2, 0.25) is 0 Å². The van der Waals surface area contributed by atoms with Crippen molar-refractivity contribution in [1.29, 1.82) is 0 Å². The molecule has 0 saturated carbocycles. The Balaban J connectivity index is 2.24. The molecule has 1 aliphatic rings. The van der Waals surface area contributed by atoms with Crippen LogP contribution < -0.4 is 14.8 Å². The largest absolute Gasteiger partial charge is 0.493 e. The summed E-state index contributed by atoms with van der Waals surface area (Å²) in [4.78, 5) is 34.4. The maximum Gasteiger partial charge on any atom is 0.344 e. The van der Waals surface area contributed by atoms with Crippen molar-refractivity contribution < 1.29 is 28.6 Å². The maximum absolute atomic E-state index is 11.6. The predicted molar refractivity (Wildman–Crippen MR) is 89.2 cm³/mol. The van der Waals surface area contributed by atoms with E-state index < -0.39 is 17.1 Å². The Morgan fingerprint density at radius 1 is 1.38 bits per heavy atom. The number of halogens is 1. The lowest BCUT2D eigenvalue weighted by atomic mass is 10.2. The number of methoxy groups -OCH3 is 1. The molecule has 1 aromatic rings. The van der Waals surface area contributed by atoms with Crippen molar-refractivity contribution in [2.45, 2.75) is 6.92 Å². The van der Waals surface area contributed by atoms with Crippen LogP contribution in [0, 0.1) is 0 Å². The van der Waals surface area contributed by atoms with Crippen molar-refractivity contribution in [1.82, 2.24) is 5.32 Å². The van der Waals surface area contributed by atoms with Crippen LogP contribution >= 0.6 is 23.4 Å². The van der Waals surface area contributed by atoms with Crippen LogP contribution in [0.25, 0.3) is 6.08 Å². The number of esters is 1. The van der Waals surface area contributed by atoms with E-state index in [0.29, 0.717) is 5.56 Å². The van der Waals surface area contributed by atoms with Crippen molar-refractivity contribution in [3.63, 3.8) is 0 Å². The first-order valence-corrected chi connectivity index (χ1v) is 8.04. The molecule has 0 bridgehead atoms. The summed E-state index contributed by atoms with van der Waals surface area (Å²) in [6.07, 6.45) is 1.51. The second-order valence-electron chi connectivity index (χ2n) is 4.48. The fourth-order valence-electron chi connectivity index (χ4n) is 1.87. The van der Waals surface area contributed by atoms with Gasteiger partial charge in [-0.1, -0.05) is 11.6 Å². The molecule has 1 fully saturated rings. The Morgan fingerprint density at radius 2 is 2.12 bits per heavy atom. The lowest BCUT2D eigenvalue weighted by Gasteiger charge is -2.13. The molecule has 0 atom stereocenters. The van der Waals surface area contributed by atoms with E-state index in [9.17, 15) is 14.4 Å². The molecule has 1 aliphatic heterocycles. The zero-order chi connectivity index (χ0) is 17.7. The number of hydrogen-bond donors (Lipinski definition) is 1. The molecular formula is C15H14ClNO6S. The molecule has 0 aliphatic carbocycles. The first-order chi connectivity index (χ1) is 11.4. The molecule has 1 aromatic carbocycles. The fourth-order valence-corrected chi connectivity index (χ4v) is 2.83. The number of benzene rings is 1. The van der Waals surface area contributed by atoms with E-state index in [1.54, 1.807) is 13.0 Å². The van der Waals surface area contributed by atoms with Crippen molar-refractivity contribution in [3.05, 3.63) is 27.6 Å². The van der Waals surface area contributed by atoms with Crippen molar-refractivity contribution in [2.24, 2.45) is 0 Å². The van der Waals surface area contributed by atoms with Gasteiger partial charge < -0.3 is 14.2 Å². The lowest BCUT2D eigenvalue weighted by Crippen LogP contribution is -2.17. The number of rotatable bonds is 6. The highest BCUT2D eigenvalue weighted by atomic mass is 35.5. The normalized spacial score (nSPS) is 15.4. The lowest BCUT2D eigenvalue weighted by molar-refractivity contribution is -0.145. The molecule has 2 rings (SSSR count). The molecule has 1 saturated heterocycles. The summed E-state index contributed by atoms with van der Waals surface area (Å²) < 4.78 is 15.3. The zero-order valence-electron chi connectivity index (χ0n) is 12.9. The van der Waals surface area contributed by atoms with E-state index in [1.165, 1.54) is 19.3 Å². The Hall–Kier alpha value is -2.19. The summed E-state index contributed by atoms with van der Waals surface area (Å²) >= 11 is 6.96. The third-order valence-electron chi connectivity index (χ3n) is 2.83. The first-order valence-electron chi connectivity index (χ1n) is 6.85. The van der Waals surface area contributed by atoms with E-state index in [4.69, 9.17) is 25.8 Å². The minimum absolute atomic E-state index is 0.189. The van der Waals surface area contributed by atoms with Gasteiger partial charge in [0.05, 0.1) is 23.6 Å². The quantitative estimate of drug-likeness (QED) is 0.607. The van der Waals surface area contributed by atoms with Gasteiger partial charge in [0, 0.05) is 0 Å². The number of carbonyl (C=O) groups is 3. The Labute approximate surface area is 147 Å². The molecule has 24 heavy (non-hydrogen) atoms. The SMILES string of the molecule is CCOC(=O)COc1c(Cl)cc(/C=C2/SC(=O)NC2=O)cc1OC. The van der Waals surface area contributed by atoms with Gasteiger partial charge >= 0.3 is 5.97 Å². The van der Waals surface area contributed by atoms with Gasteiger partial charge in [0.25, 0.3) is 11.1 Å². The summed E-state index contributed by atoms with van der Waals surface area (Å²) in [5, 5.41) is 1.93. The first kappa shape index (κ1) is 18.2. The third kappa shape index (κ3) is 4.42. The summed E-state index contributed by atoms with van der Waals surface area (Å²) in [7, 11) is 1.42. The van der Waals surface area contributed by atoms with Crippen molar-refractivity contribution in [3.8, 4) is 11.5 Å². The maximum atomic E-state index is 11.6. The second-order valence-corrected chi connectivity index (χ2v) is 5.90. The van der Waals surface area contributed by atoms with Gasteiger partial charge in [-0.05, 0) is 42.5 Å². The summed E-state index contributed by atoms with van der Waals surface area (Å²) in [5.74, 6) is -0.524. The molecule has 2 amide bonds. The number of carbonyl (C=O) groups excluding carboxylic acids is 3. The Kier molecular flexibility index (Phi) is 6.10. The van der Waals surface area contributed by atoms with Gasteiger partial charge in [-0.3, -0.25) is 14.9 Å². The van der Waals surface area contributed by atoms with E-state index in [2.05, 4.69) is 5.32 Å². The Bertz CT molecular complexity index is 718. The molecule has 9 heteroatoms. The summed E-state index contributed by atoms with van der Waals surface area (Å²) in [6.45, 7) is 1.63. The number of imide groups is 1. The third-order valence-corrected chi connectivity index (χ3v) is 3.92. The van der Waals surface area contributed by atoms with Gasteiger partial charge in [-0.15, -0.1) is 0 Å².